The van der Waals surface area contributed by atoms with Gasteiger partial charge in [-0.05, 0) is 42.7 Å². The van der Waals surface area contributed by atoms with E-state index in [2.05, 4.69) is 10.2 Å². The molecule has 7 nitrogen and oxygen atoms in total. The van der Waals surface area contributed by atoms with Gasteiger partial charge in [0, 0.05) is 24.9 Å². The van der Waals surface area contributed by atoms with Crippen LogP contribution in [0.4, 0.5) is 0 Å². The Morgan fingerprint density at radius 3 is 2.73 bits per heavy atom. The SMILES string of the molecule is O=C(CCc1nnc(-c2ccccc2)o1)N1CCCC1c1ccc2c(c1)OCCO2. The van der Waals surface area contributed by atoms with Gasteiger partial charge in [-0.25, -0.2) is 0 Å². The van der Waals surface area contributed by atoms with Crippen LogP contribution in [0.5, 0.6) is 11.5 Å². The number of carbonyl (C=O) groups is 1. The maximum atomic E-state index is 12.9. The summed E-state index contributed by atoms with van der Waals surface area (Å²) in [5, 5.41) is 8.20. The Labute approximate surface area is 174 Å². The molecular weight excluding hydrogens is 382 g/mol. The molecule has 2 aromatic carbocycles. The van der Waals surface area contributed by atoms with Crippen LogP contribution in [0.1, 0.15) is 36.8 Å². The van der Waals surface area contributed by atoms with E-state index in [1.807, 2.05) is 53.4 Å². The average Bonchev–Trinajstić information content (AvgIpc) is 3.48. The molecule has 3 heterocycles. The first kappa shape index (κ1) is 18.7. The highest BCUT2D eigenvalue weighted by molar-refractivity contribution is 5.77. The van der Waals surface area contributed by atoms with Gasteiger partial charge in [0.05, 0.1) is 6.04 Å². The Kier molecular flexibility index (Phi) is 5.09. The zero-order chi connectivity index (χ0) is 20.3. The third-order valence-electron chi connectivity index (χ3n) is 5.56. The van der Waals surface area contributed by atoms with E-state index in [1.54, 1.807) is 0 Å². The number of nitrogens with zero attached hydrogens (tertiary/aromatic N) is 3. The lowest BCUT2D eigenvalue weighted by molar-refractivity contribution is -0.132. The maximum absolute atomic E-state index is 12.9. The minimum Gasteiger partial charge on any atom is -0.486 e. The Hall–Kier alpha value is -3.35. The van der Waals surface area contributed by atoms with Gasteiger partial charge in [-0.3, -0.25) is 4.79 Å². The van der Waals surface area contributed by atoms with Crippen LogP contribution in [0.2, 0.25) is 0 Å². The monoisotopic (exact) mass is 405 g/mol. The third kappa shape index (κ3) is 3.75. The zero-order valence-corrected chi connectivity index (χ0v) is 16.6. The number of likely N-dealkylation sites (tertiary alicyclic amines) is 1. The summed E-state index contributed by atoms with van der Waals surface area (Å²) in [6.45, 7) is 1.89. The molecule has 30 heavy (non-hydrogen) atoms. The van der Waals surface area contributed by atoms with Gasteiger partial charge in [0.1, 0.15) is 13.2 Å². The molecular formula is C23H23N3O4. The van der Waals surface area contributed by atoms with E-state index in [0.717, 1.165) is 42.0 Å². The van der Waals surface area contributed by atoms with Gasteiger partial charge in [-0.1, -0.05) is 24.3 Å². The number of benzene rings is 2. The Balaban J connectivity index is 1.24. The molecule has 154 valence electrons. The summed E-state index contributed by atoms with van der Waals surface area (Å²) >= 11 is 0. The molecule has 3 aromatic rings. The molecule has 2 aliphatic rings. The quantitative estimate of drug-likeness (QED) is 0.642. The lowest BCUT2D eigenvalue weighted by Crippen LogP contribution is -2.30. The Morgan fingerprint density at radius 1 is 1.03 bits per heavy atom. The van der Waals surface area contributed by atoms with E-state index < -0.39 is 0 Å². The van der Waals surface area contributed by atoms with E-state index in [9.17, 15) is 4.79 Å². The van der Waals surface area contributed by atoms with Crippen molar-refractivity contribution in [2.75, 3.05) is 19.8 Å². The molecule has 1 atom stereocenters. The van der Waals surface area contributed by atoms with E-state index in [4.69, 9.17) is 13.9 Å². The standard InChI is InChI=1S/C23H23N3O4/c27-22(11-10-21-24-25-23(30-21)16-5-2-1-3-6-16)26-12-4-7-18(26)17-8-9-19-20(15-17)29-14-13-28-19/h1-3,5-6,8-9,15,18H,4,7,10-14H2. The second kappa shape index (κ2) is 8.18. The summed E-state index contributed by atoms with van der Waals surface area (Å²) in [7, 11) is 0. The number of hydrogen-bond donors (Lipinski definition) is 0. The molecule has 0 radical (unpaired) electrons. The summed E-state index contributed by atoms with van der Waals surface area (Å²) in [5.41, 5.74) is 1.97. The van der Waals surface area contributed by atoms with E-state index >= 15 is 0 Å². The van der Waals surface area contributed by atoms with Crippen molar-refractivity contribution in [3.63, 3.8) is 0 Å². The number of fused-ring (bicyclic) bond motifs is 1. The second-order valence-corrected chi connectivity index (χ2v) is 7.52. The molecule has 0 spiro atoms. The number of carbonyl (C=O) groups excluding carboxylic acids is 1. The van der Waals surface area contributed by atoms with Crippen molar-refractivity contribution < 1.29 is 18.7 Å². The summed E-state index contributed by atoms with van der Waals surface area (Å²) in [6, 6.07) is 15.7. The number of amides is 1. The van der Waals surface area contributed by atoms with Gasteiger partial charge in [-0.2, -0.15) is 0 Å². The van der Waals surface area contributed by atoms with E-state index in [0.29, 0.717) is 37.8 Å². The molecule has 0 bridgehead atoms. The normalized spacial score (nSPS) is 17.9. The van der Waals surface area contributed by atoms with Crippen LogP contribution < -0.4 is 9.47 Å². The van der Waals surface area contributed by atoms with Gasteiger partial charge < -0.3 is 18.8 Å². The topological polar surface area (TPSA) is 77.7 Å². The van der Waals surface area contributed by atoms with Gasteiger partial charge in [0.25, 0.3) is 0 Å². The number of aromatic nitrogens is 2. The molecule has 1 unspecified atom stereocenters. The van der Waals surface area contributed by atoms with Crippen LogP contribution in [0.15, 0.2) is 52.9 Å². The van der Waals surface area contributed by atoms with Crippen molar-refractivity contribution in [3.05, 3.63) is 60.0 Å². The number of aryl methyl sites for hydroxylation is 1. The number of rotatable bonds is 5. The predicted molar refractivity (Wildman–Crippen MR) is 109 cm³/mol. The van der Waals surface area contributed by atoms with Crippen LogP contribution >= 0.6 is 0 Å². The molecule has 7 heteroatoms. The average molecular weight is 405 g/mol. The summed E-state index contributed by atoms with van der Waals surface area (Å²) in [6.07, 6.45) is 2.72. The molecule has 0 aliphatic carbocycles. The van der Waals surface area contributed by atoms with E-state index in [-0.39, 0.29) is 11.9 Å². The smallest absolute Gasteiger partial charge is 0.247 e. The van der Waals surface area contributed by atoms with Crippen molar-refractivity contribution in [2.24, 2.45) is 0 Å². The first-order valence-corrected chi connectivity index (χ1v) is 10.3. The molecule has 2 aliphatic heterocycles. The lowest BCUT2D eigenvalue weighted by atomic mass is 10.0. The number of hydrogen-bond acceptors (Lipinski definition) is 6. The first-order valence-electron chi connectivity index (χ1n) is 10.3. The zero-order valence-electron chi connectivity index (χ0n) is 16.6. The fourth-order valence-electron chi connectivity index (χ4n) is 4.09. The summed E-state index contributed by atoms with van der Waals surface area (Å²) in [4.78, 5) is 14.9. The van der Waals surface area contributed by atoms with Crippen LogP contribution in [0, 0.1) is 0 Å². The predicted octanol–water partition coefficient (Wildman–Crippen LogP) is 3.80. The van der Waals surface area contributed by atoms with Crippen molar-refractivity contribution in [2.45, 2.75) is 31.7 Å². The van der Waals surface area contributed by atoms with Gasteiger partial charge in [0.2, 0.25) is 17.7 Å². The molecule has 1 fully saturated rings. The molecule has 5 rings (SSSR count). The fraction of sp³-hybridized carbons (Fsp3) is 0.348. The van der Waals surface area contributed by atoms with Crippen molar-refractivity contribution in [1.29, 1.82) is 0 Å². The maximum Gasteiger partial charge on any atom is 0.247 e. The van der Waals surface area contributed by atoms with Crippen LogP contribution in [-0.4, -0.2) is 40.8 Å². The highest BCUT2D eigenvalue weighted by Crippen LogP contribution is 2.38. The van der Waals surface area contributed by atoms with Gasteiger partial charge in [0.15, 0.2) is 11.5 Å². The fourth-order valence-corrected chi connectivity index (χ4v) is 4.09. The highest BCUT2D eigenvalue weighted by Gasteiger charge is 2.30. The Morgan fingerprint density at radius 2 is 1.87 bits per heavy atom. The van der Waals surface area contributed by atoms with Crippen molar-refractivity contribution >= 4 is 5.91 Å². The molecule has 0 saturated carbocycles. The molecule has 0 N–H and O–H groups in total. The minimum atomic E-state index is 0.0656. The minimum absolute atomic E-state index is 0.0656. The molecule has 1 aromatic heterocycles. The third-order valence-corrected chi connectivity index (χ3v) is 5.56. The highest BCUT2D eigenvalue weighted by atomic mass is 16.6. The summed E-state index contributed by atoms with van der Waals surface area (Å²) < 4.78 is 17.0. The van der Waals surface area contributed by atoms with Crippen LogP contribution in [-0.2, 0) is 11.2 Å². The van der Waals surface area contributed by atoms with Crippen molar-refractivity contribution in [3.8, 4) is 23.0 Å². The van der Waals surface area contributed by atoms with E-state index in [1.165, 1.54) is 0 Å². The van der Waals surface area contributed by atoms with Crippen LogP contribution in [0.3, 0.4) is 0 Å². The van der Waals surface area contributed by atoms with Gasteiger partial charge >= 0.3 is 0 Å². The van der Waals surface area contributed by atoms with Gasteiger partial charge in [-0.15, -0.1) is 10.2 Å². The second-order valence-electron chi connectivity index (χ2n) is 7.52. The summed E-state index contributed by atoms with van der Waals surface area (Å²) in [5.74, 6) is 2.60. The first-order chi connectivity index (χ1) is 14.8. The molecule has 1 saturated heterocycles. The number of ether oxygens (including phenoxy) is 2. The van der Waals surface area contributed by atoms with Crippen LogP contribution in [0.25, 0.3) is 11.5 Å². The largest absolute Gasteiger partial charge is 0.486 e. The lowest BCUT2D eigenvalue weighted by Gasteiger charge is -2.26. The Bertz CT molecular complexity index is 1030. The molecule has 1 amide bonds. The van der Waals surface area contributed by atoms with Crippen molar-refractivity contribution in [1.82, 2.24) is 15.1 Å².